The van der Waals surface area contributed by atoms with Crippen LogP contribution in [-0.4, -0.2) is 34.4 Å². The molecule has 0 bridgehead atoms. The molecule has 0 aliphatic rings. The molecule has 24 heavy (non-hydrogen) atoms. The summed E-state index contributed by atoms with van der Waals surface area (Å²) in [5, 5.41) is 0.342. The lowest BCUT2D eigenvalue weighted by Gasteiger charge is -2.25. The number of sulfonamides is 1. The number of benzene rings is 2. The Kier molecular flexibility index (Phi) is 5.39. The zero-order valence-electron chi connectivity index (χ0n) is 13.5. The van der Waals surface area contributed by atoms with Crippen molar-refractivity contribution in [1.29, 1.82) is 0 Å². The topological polar surface area (TPSA) is 71.5 Å². The SMILES string of the molecule is C[C@@H](c1ccc(S(C)(=O)=O)cc1)N(C)S(=O)(=O)c1cccc(Cl)c1. The highest BCUT2D eigenvalue weighted by atomic mass is 35.5. The Labute approximate surface area is 147 Å². The molecule has 2 rings (SSSR count). The van der Waals surface area contributed by atoms with Gasteiger partial charge < -0.3 is 0 Å². The minimum atomic E-state index is -3.72. The molecule has 130 valence electrons. The van der Waals surface area contributed by atoms with E-state index in [1.807, 2.05) is 0 Å². The van der Waals surface area contributed by atoms with Crippen molar-refractivity contribution in [2.75, 3.05) is 13.3 Å². The van der Waals surface area contributed by atoms with E-state index in [1.54, 1.807) is 31.2 Å². The van der Waals surface area contributed by atoms with Crippen molar-refractivity contribution in [2.45, 2.75) is 22.8 Å². The Morgan fingerprint density at radius 2 is 1.54 bits per heavy atom. The summed E-state index contributed by atoms with van der Waals surface area (Å²) >= 11 is 5.87. The van der Waals surface area contributed by atoms with Crippen LogP contribution in [0.5, 0.6) is 0 Å². The first-order valence-corrected chi connectivity index (χ1v) is 10.8. The fourth-order valence-corrected chi connectivity index (χ4v) is 4.49. The lowest BCUT2D eigenvalue weighted by molar-refractivity contribution is 0.398. The molecule has 0 radical (unpaired) electrons. The molecule has 0 heterocycles. The average molecular weight is 388 g/mol. The van der Waals surface area contributed by atoms with Gasteiger partial charge in [0.1, 0.15) is 0 Å². The number of hydrogen-bond acceptors (Lipinski definition) is 4. The molecule has 0 spiro atoms. The molecule has 0 aromatic heterocycles. The molecule has 0 fully saturated rings. The highest BCUT2D eigenvalue weighted by Crippen LogP contribution is 2.27. The summed E-state index contributed by atoms with van der Waals surface area (Å²) in [6.07, 6.45) is 1.13. The van der Waals surface area contributed by atoms with E-state index in [1.165, 1.54) is 35.6 Å². The Hall–Kier alpha value is -1.41. The minimum absolute atomic E-state index is 0.108. The second-order valence-electron chi connectivity index (χ2n) is 5.50. The average Bonchev–Trinajstić information content (AvgIpc) is 2.52. The van der Waals surface area contributed by atoms with Gasteiger partial charge in [-0.15, -0.1) is 0 Å². The van der Waals surface area contributed by atoms with Gasteiger partial charge in [-0.25, -0.2) is 16.8 Å². The molecule has 5 nitrogen and oxygen atoms in total. The predicted molar refractivity (Wildman–Crippen MR) is 94.4 cm³/mol. The van der Waals surface area contributed by atoms with Crippen LogP contribution in [0.15, 0.2) is 58.3 Å². The van der Waals surface area contributed by atoms with Crippen LogP contribution >= 0.6 is 11.6 Å². The van der Waals surface area contributed by atoms with E-state index in [2.05, 4.69) is 0 Å². The zero-order chi connectivity index (χ0) is 18.1. The first kappa shape index (κ1) is 18.9. The first-order valence-electron chi connectivity index (χ1n) is 7.07. The standard InChI is InChI=1S/C16H18ClNO4S2/c1-12(13-7-9-15(10-8-13)23(3,19)20)18(2)24(21,22)16-6-4-5-14(17)11-16/h4-12H,1-3H3/t12-/m0/s1. The summed E-state index contributed by atoms with van der Waals surface area (Å²) in [6.45, 7) is 1.73. The van der Waals surface area contributed by atoms with Crippen LogP contribution < -0.4 is 0 Å². The van der Waals surface area contributed by atoms with E-state index < -0.39 is 25.9 Å². The van der Waals surface area contributed by atoms with Gasteiger partial charge in [0, 0.05) is 24.4 Å². The fourth-order valence-electron chi connectivity index (χ4n) is 2.21. The van der Waals surface area contributed by atoms with Crippen LogP contribution in [0.1, 0.15) is 18.5 Å². The summed E-state index contributed by atoms with van der Waals surface area (Å²) in [4.78, 5) is 0.302. The molecule has 0 aliphatic heterocycles. The van der Waals surface area contributed by atoms with Gasteiger partial charge in [-0.1, -0.05) is 29.8 Å². The minimum Gasteiger partial charge on any atom is -0.224 e. The summed E-state index contributed by atoms with van der Waals surface area (Å²) in [7, 11) is -5.53. The second kappa shape index (κ2) is 6.84. The molecule has 1 atom stereocenters. The van der Waals surface area contributed by atoms with Gasteiger partial charge in [-0.2, -0.15) is 4.31 Å². The molecule has 0 N–H and O–H groups in total. The maximum absolute atomic E-state index is 12.7. The van der Waals surface area contributed by atoms with Crippen molar-refractivity contribution in [3.63, 3.8) is 0 Å². The fraction of sp³-hybridized carbons (Fsp3) is 0.250. The number of nitrogens with zero attached hydrogens (tertiary/aromatic N) is 1. The second-order valence-corrected chi connectivity index (χ2v) is 9.95. The van der Waals surface area contributed by atoms with Crippen LogP contribution in [-0.2, 0) is 19.9 Å². The summed E-state index contributed by atoms with van der Waals surface area (Å²) in [5.41, 5.74) is 0.690. The van der Waals surface area contributed by atoms with Crippen LogP contribution in [0.2, 0.25) is 5.02 Å². The predicted octanol–water partition coefficient (Wildman–Crippen LogP) is 3.13. The molecular formula is C16H18ClNO4S2. The van der Waals surface area contributed by atoms with Crippen LogP contribution in [0.3, 0.4) is 0 Å². The van der Waals surface area contributed by atoms with E-state index in [0.717, 1.165) is 6.26 Å². The van der Waals surface area contributed by atoms with Crippen molar-refractivity contribution in [1.82, 2.24) is 4.31 Å². The van der Waals surface area contributed by atoms with E-state index in [9.17, 15) is 16.8 Å². The van der Waals surface area contributed by atoms with Crippen molar-refractivity contribution in [3.8, 4) is 0 Å². The molecule has 0 amide bonds. The number of hydrogen-bond donors (Lipinski definition) is 0. The molecule has 2 aromatic carbocycles. The number of rotatable bonds is 5. The molecular weight excluding hydrogens is 370 g/mol. The van der Waals surface area contributed by atoms with Gasteiger partial charge in [0.15, 0.2) is 9.84 Å². The largest absolute Gasteiger partial charge is 0.243 e. The Morgan fingerprint density at radius 3 is 2.04 bits per heavy atom. The van der Waals surface area contributed by atoms with Crippen LogP contribution in [0.25, 0.3) is 0 Å². The van der Waals surface area contributed by atoms with Gasteiger partial charge >= 0.3 is 0 Å². The normalized spacial score (nSPS) is 13.9. The number of sulfone groups is 1. The maximum atomic E-state index is 12.7. The molecule has 0 unspecified atom stereocenters. The van der Waals surface area contributed by atoms with Crippen molar-refractivity contribution >= 4 is 31.5 Å². The molecule has 0 saturated carbocycles. The molecule has 8 heteroatoms. The highest BCUT2D eigenvalue weighted by Gasteiger charge is 2.26. The highest BCUT2D eigenvalue weighted by molar-refractivity contribution is 7.90. The number of halogens is 1. The zero-order valence-corrected chi connectivity index (χ0v) is 15.9. The molecule has 0 saturated heterocycles. The third-order valence-corrected chi connectivity index (χ3v) is 7.10. The maximum Gasteiger partial charge on any atom is 0.243 e. The van der Waals surface area contributed by atoms with Crippen molar-refractivity contribution in [2.24, 2.45) is 0 Å². The van der Waals surface area contributed by atoms with Gasteiger partial charge in [0.25, 0.3) is 0 Å². The summed E-state index contributed by atoms with van der Waals surface area (Å²) in [6, 6.07) is 11.8. The molecule has 2 aromatic rings. The van der Waals surface area contributed by atoms with E-state index >= 15 is 0 Å². The van der Waals surface area contributed by atoms with E-state index in [-0.39, 0.29) is 9.79 Å². The van der Waals surface area contributed by atoms with Crippen molar-refractivity contribution < 1.29 is 16.8 Å². The third kappa shape index (κ3) is 3.97. The van der Waals surface area contributed by atoms with Gasteiger partial charge in [-0.05, 0) is 42.8 Å². The van der Waals surface area contributed by atoms with Gasteiger partial charge in [0.2, 0.25) is 10.0 Å². The van der Waals surface area contributed by atoms with Crippen LogP contribution in [0.4, 0.5) is 0 Å². The quantitative estimate of drug-likeness (QED) is 0.790. The Balaban J connectivity index is 2.33. The summed E-state index contributed by atoms with van der Waals surface area (Å²) < 4.78 is 49.6. The van der Waals surface area contributed by atoms with Crippen LogP contribution in [0, 0.1) is 0 Å². The summed E-state index contributed by atoms with van der Waals surface area (Å²) in [5.74, 6) is 0. The lowest BCUT2D eigenvalue weighted by Crippen LogP contribution is -2.29. The van der Waals surface area contributed by atoms with E-state index in [4.69, 9.17) is 11.6 Å². The van der Waals surface area contributed by atoms with Crippen molar-refractivity contribution in [3.05, 3.63) is 59.1 Å². The monoisotopic (exact) mass is 387 g/mol. The van der Waals surface area contributed by atoms with Gasteiger partial charge in [0.05, 0.1) is 9.79 Å². The first-order chi connectivity index (χ1) is 11.0. The smallest absolute Gasteiger partial charge is 0.224 e. The molecule has 0 aliphatic carbocycles. The Bertz CT molecular complexity index is 938. The third-order valence-electron chi connectivity index (χ3n) is 3.81. The Morgan fingerprint density at radius 1 is 0.958 bits per heavy atom. The lowest BCUT2D eigenvalue weighted by atomic mass is 10.1. The van der Waals surface area contributed by atoms with Gasteiger partial charge in [-0.3, -0.25) is 0 Å². The van der Waals surface area contributed by atoms with E-state index in [0.29, 0.717) is 10.6 Å².